The highest BCUT2D eigenvalue weighted by molar-refractivity contribution is 6.30. The second kappa shape index (κ2) is 6.16. The van der Waals surface area contributed by atoms with Gasteiger partial charge in [-0.1, -0.05) is 11.6 Å². The second-order valence-corrected chi connectivity index (χ2v) is 4.50. The number of pyridine rings is 1. The molecule has 0 saturated heterocycles. The van der Waals surface area contributed by atoms with Gasteiger partial charge in [0.15, 0.2) is 5.78 Å². The summed E-state index contributed by atoms with van der Waals surface area (Å²) in [5.74, 6) is -0.0595. The number of benzene rings is 1. The molecule has 0 fully saturated rings. The summed E-state index contributed by atoms with van der Waals surface area (Å²) in [6.07, 6.45) is 4.94. The van der Waals surface area contributed by atoms with Crippen molar-refractivity contribution in [1.29, 1.82) is 0 Å². The van der Waals surface area contributed by atoms with Crippen LogP contribution in [0.5, 0.6) is 0 Å². The zero-order valence-corrected chi connectivity index (χ0v) is 11.2. The van der Waals surface area contributed by atoms with Crippen LogP contribution < -0.4 is 5.32 Å². The van der Waals surface area contributed by atoms with Crippen molar-refractivity contribution in [2.24, 2.45) is 0 Å². The van der Waals surface area contributed by atoms with Gasteiger partial charge in [0.05, 0.1) is 0 Å². The van der Waals surface area contributed by atoms with Crippen molar-refractivity contribution in [2.45, 2.75) is 6.92 Å². The molecule has 0 aliphatic heterocycles. The Kier molecular flexibility index (Phi) is 4.31. The number of halogens is 1. The number of nitrogens with one attached hydrogen (secondary N) is 1. The SMILES string of the molecule is CC(=CC(=O)c1ccc(Cl)cc1)Nc1ccncc1. The summed E-state index contributed by atoms with van der Waals surface area (Å²) in [5, 5.41) is 3.75. The molecule has 19 heavy (non-hydrogen) atoms. The Morgan fingerprint density at radius 1 is 1.16 bits per heavy atom. The van der Waals surface area contributed by atoms with E-state index in [0.29, 0.717) is 10.6 Å². The number of allylic oxidation sites excluding steroid dienone is 2. The minimum Gasteiger partial charge on any atom is -0.359 e. The predicted molar refractivity (Wildman–Crippen MR) is 77.4 cm³/mol. The van der Waals surface area contributed by atoms with E-state index in [0.717, 1.165) is 11.4 Å². The zero-order valence-electron chi connectivity index (χ0n) is 10.4. The van der Waals surface area contributed by atoms with Gasteiger partial charge in [-0.2, -0.15) is 0 Å². The minimum absolute atomic E-state index is 0.0595. The maximum atomic E-state index is 12.0. The fourth-order valence-electron chi connectivity index (χ4n) is 1.59. The van der Waals surface area contributed by atoms with Crippen molar-refractivity contribution in [3.8, 4) is 0 Å². The molecule has 0 aliphatic rings. The lowest BCUT2D eigenvalue weighted by atomic mass is 10.1. The van der Waals surface area contributed by atoms with Crippen LogP contribution in [-0.4, -0.2) is 10.8 Å². The van der Waals surface area contributed by atoms with Crippen molar-refractivity contribution >= 4 is 23.1 Å². The highest BCUT2D eigenvalue weighted by atomic mass is 35.5. The predicted octanol–water partition coefficient (Wildman–Crippen LogP) is 3.93. The number of rotatable bonds is 4. The molecule has 1 aromatic heterocycles. The van der Waals surface area contributed by atoms with Gasteiger partial charge in [-0.05, 0) is 43.3 Å². The maximum absolute atomic E-state index is 12.0. The molecule has 4 heteroatoms. The van der Waals surface area contributed by atoms with Crippen LogP contribution in [0.1, 0.15) is 17.3 Å². The average Bonchev–Trinajstić information content (AvgIpc) is 2.40. The van der Waals surface area contributed by atoms with Crippen LogP contribution in [0.15, 0.2) is 60.6 Å². The maximum Gasteiger partial charge on any atom is 0.187 e. The number of anilines is 1. The van der Waals surface area contributed by atoms with Crippen LogP contribution in [0.25, 0.3) is 0 Å². The van der Waals surface area contributed by atoms with Crippen molar-refractivity contribution < 1.29 is 4.79 Å². The number of ketones is 1. The molecule has 1 aromatic carbocycles. The van der Waals surface area contributed by atoms with Crippen LogP contribution in [-0.2, 0) is 0 Å². The van der Waals surface area contributed by atoms with Crippen LogP contribution in [0, 0.1) is 0 Å². The summed E-state index contributed by atoms with van der Waals surface area (Å²) < 4.78 is 0. The highest BCUT2D eigenvalue weighted by Crippen LogP contribution is 2.12. The van der Waals surface area contributed by atoms with Gasteiger partial charge in [0.25, 0.3) is 0 Å². The van der Waals surface area contributed by atoms with Gasteiger partial charge in [-0.3, -0.25) is 9.78 Å². The van der Waals surface area contributed by atoms with Crippen molar-refractivity contribution in [3.63, 3.8) is 0 Å². The quantitative estimate of drug-likeness (QED) is 0.677. The van der Waals surface area contributed by atoms with Gasteiger partial charge >= 0.3 is 0 Å². The van der Waals surface area contributed by atoms with E-state index in [2.05, 4.69) is 10.3 Å². The van der Waals surface area contributed by atoms with Crippen molar-refractivity contribution in [3.05, 3.63) is 71.2 Å². The molecule has 0 amide bonds. The van der Waals surface area contributed by atoms with E-state index in [-0.39, 0.29) is 5.78 Å². The number of hydrogen-bond donors (Lipinski definition) is 1. The molecule has 0 unspecified atom stereocenters. The van der Waals surface area contributed by atoms with Gasteiger partial charge in [0.1, 0.15) is 0 Å². The Bertz CT molecular complexity index is 591. The first-order valence-electron chi connectivity index (χ1n) is 5.80. The highest BCUT2D eigenvalue weighted by Gasteiger charge is 2.03. The molecule has 0 saturated carbocycles. The number of nitrogens with zero attached hydrogens (tertiary/aromatic N) is 1. The van der Waals surface area contributed by atoms with Crippen LogP contribution in [0.4, 0.5) is 5.69 Å². The van der Waals surface area contributed by atoms with Gasteiger partial charge in [-0.25, -0.2) is 0 Å². The molecule has 2 aromatic rings. The molecule has 2 rings (SSSR count). The lowest BCUT2D eigenvalue weighted by molar-refractivity contribution is 0.104. The molecule has 1 N–H and O–H groups in total. The Morgan fingerprint density at radius 3 is 2.42 bits per heavy atom. The monoisotopic (exact) mass is 272 g/mol. The Labute approximate surface area is 116 Å². The third-order valence-electron chi connectivity index (χ3n) is 2.50. The Balaban J connectivity index is 2.08. The van der Waals surface area contributed by atoms with Gasteiger partial charge in [0.2, 0.25) is 0 Å². The molecule has 0 spiro atoms. The van der Waals surface area contributed by atoms with Crippen molar-refractivity contribution in [1.82, 2.24) is 4.98 Å². The average molecular weight is 273 g/mol. The molecule has 96 valence electrons. The fourth-order valence-corrected chi connectivity index (χ4v) is 1.72. The smallest absolute Gasteiger partial charge is 0.187 e. The number of carbonyl (C=O) groups is 1. The third-order valence-corrected chi connectivity index (χ3v) is 2.75. The van der Waals surface area contributed by atoms with Gasteiger partial charge in [0, 0.05) is 40.4 Å². The first-order valence-corrected chi connectivity index (χ1v) is 6.18. The van der Waals surface area contributed by atoms with E-state index in [1.807, 2.05) is 19.1 Å². The lowest BCUT2D eigenvalue weighted by Crippen LogP contribution is -2.01. The van der Waals surface area contributed by atoms with Gasteiger partial charge in [-0.15, -0.1) is 0 Å². The summed E-state index contributed by atoms with van der Waals surface area (Å²) in [6.45, 7) is 1.84. The van der Waals surface area contributed by atoms with E-state index in [4.69, 9.17) is 11.6 Å². The lowest BCUT2D eigenvalue weighted by Gasteiger charge is -2.05. The van der Waals surface area contributed by atoms with Crippen LogP contribution in [0.2, 0.25) is 5.02 Å². The summed E-state index contributed by atoms with van der Waals surface area (Å²) >= 11 is 5.78. The largest absolute Gasteiger partial charge is 0.359 e. The molecule has 0 aliphatic carbocycles. The summed E-state index contributed by atoms with van der Waals surface area (Å²) in [5.41, 5.74) is 2.28. The van der Waals surface area contributed by atoms with Crippen LogP contribution >= 0.6 is 11.6 Å². The van der Waals surface area contributed by atoms with Crippen LogP contribution in [0.3, 0.4) is 0 Å². The topological polar surface area (TPSA) is 42.0 Å². The fraction of sp³-hybridized carbons (Fsp3) is 0.0667. The molecule has 0 radical (unpaired) electrons. The van der Waals surface area contributed by atoms with Crippen molar-refractivity contribution in [2.75, 3.05) is 5.32 Å². The molecular weight excluding hydrogens is 260 g/mol. The Hall–Kier alpha value is -2.13. The second-order valence-electron chi connectivity index (χ2n) is 4.06. The molecular formula is C15H13ClN2O. The standard InChI is InChI=1S/C15H13ClN2O/c1-11(18-14-6-8-17-9-7-14)10-15(19)12-2-4-13(16)5-3-12/h2-10H,1H3,(H,17,18). The van der Waals surface area contributed by atoms with Gasteiger partial charge < -0.3 is 5.32 Å². The van der Waals surface area contributed by atoms with E-state index < -0.39 is 0 Å². The minimum atomic E-state index is -0.0595. The van der Waals surface area contributed by atoms with E-state index in [1.54, 1.807) is 42.7 Å². The molecule has 0 atom stereocenters. The van der Waals surface area contributed by atoms with E-state index in [9.17, 15) is 4.79 Å². The normalized spacial score (nSPS) is 11.2. The summed E-state index contributed by atoms with van der Waals surface area (Å²) in [7, 11) is 0. The van der Waals surface area contributed by atoms with E-state index >= 15 is 0 Å². The summed E-state index contributed by atoms with van der Waals surface area (Å²) in [6, 6.07) is 10.5. The molecule has 3 nitrogen and oxygen atoms in total. The molecule has 0 bridgehead atoms. The Morgan fingerprint density at radius 2 is 1.79 bits per heavy atom. The first kappa shape index (κ1) is 13.3. The number of carbonyl (C=O) groups excluding carboxylic acids is 1. The summed E-state index contributed by atoms with van der Waals surface area (Å²) in [4.78, 5) is 15.9. The third kappa shape index (κ3) is 3.93. The first-order chi connectivity index (χ1) is 9.15. The number of hydrogen-bond acceptors (Lipinski definition) is 3. The number of aromatic nitrogens is 1. The molecule has 1 heterocycles. The van der Waals surface area contributed by atoms with E-state index in [1.165, 1.54) is 0 Å². The zero-order chi connectivity index (χ0) is 13.7.